The second-order valence-electron chi connectivity index (χ2n) is 6.25. The maximum atomic E-state index is 11.9. The number of carbonyl (C=O) groups is 1. The Labute approximate surface area is 123 Å². The van der Waals surface area contributed by atoms with Gasteiger partial charge in [-0.25, -0.2) is 0 Å². The van der Waals surface area contributed by atoms with Crippen LogP contribution in [0.15, 0.2) is 0 Å². The zero-order valence-electron chi connectivity index (χ0n) is 12.9. The molecule has 0 spiro atoms. The normalized spacial score (nSPS) is 22.9. The highest BCUT2D eigenvalue weighted by molar-refractivity contribution is 5.77. The van der Waals surface area contributed by atoms with E-state index in [2.05, 4.69) is 17.1 Å². The Morgan fingerprint density at radius 1 is 1.15 bits per heavy atom. The van der Waals surface area contributed by atoms with Crippen molar-refractivity contribution in [3.05, 3.63) is 0 Å². The molecule has 4 heteroatoms. The molecule has 1 saturated carbocycles. The van der Waals surface area contributed by atoms with Crippen molar-refractivity contribution in [3.63, 3.8) is 0 Å². The van der Waals surface area contributed by atoms with Crippen molar-refractivity contribution in [1.29, 1.82) is 0 Å². The van der Waals surface area contributed by atoms with Gasteiger partial charge in [0.2, 0.25) is 5.91 Å². The molecular formula is C16H30N2O2. The Kier molecular flexibility index (Phi) is 6.80. The highest BCUT2D eigenvalue weighted by Crippen LogP contribution is 2.20. The molecule has 4 nitrogen and oxygen atoms in total. The van der Waals surface area contributed by atoms with Crippen LogP contribution in [-0.2, 0) is 9.53 Å². The molecule has 2 aliphatic rings. The standard InChI is InChI=1S/C16H30N2O2/c1-2-10-18-11-8-14(9-12-18)17-16(19)13-20-15-6-4-3-5-7-15/h14-15H,2-13H2,1H3,(H,17,19). The minimum atomic E-state index is 0.0736. The average molecular weight is 282 g/mol. The van der Waals surface area contributed by atoms with E-state index in [1.165, 1.54) is 32.2 Å². The molecule has 0 radical (unpaired) electrons. The first-order valence-electron chi connectivity index (χ1n) is 8.41. The van der Waals surface area contributed by atoms with Gasteiger partial charge in [-0.15, -0.1) is 0 Å². The molecule has 1 aliphatic heterocycles. The summed E-state index contributed by atoms with van der Waals surface area (Å²) >= 11 is 0. The first-order valence-corrected chi connectivity index (χ1v) is 8.41. The largest absolute Gasteiger partial charge is 0.368 e. The van der Waals surface area contributed by atoms with Gasteiger partial charge >= 0.3 is 0 Å². The van der Waals surface area contributed by atoms with E-state index in [1.54, 1.807) is 0 Å². The van der Waals surface area contributed by atoms with E-state index in [0.29, 0.717) is 12.1 Å². The number of carbonyl (C=O) groups excluding carboxylic acids is 1. The molecule has 1 N–H and O–H groups in total. The van der Waals surface area contributed by atoms with E-state index in [0.717, 1.165) is 38.8 Å². The van der Waals surface area contributed by atoms with Gasteiger partial charge in [-0.3, -0.25) is 4.79 Å². The Morgan fingerprint density at radius 2 is 1.85 bits per heavy atom. The lowest BCUT2D eigenvalue weighted by atomic mass is 9.98. The van der Waals surface area contributed by atoms with Gasteiger partial charge in [0.05, 0.1) is 6.10 Å². The number of amides is 1. The molecule has 0 atom stereocenters. The van der Waals surface area contributed by atoms with Gasteiger partial charge in [-0.05, 0) is 38.6 Å². The number of piperidine rings is 1. The molecule has 1 saturated heterocycles. The van der Waals surface area contributed by atoms with Gasteiger partial charge < -0.3 is 15.0 Å². The predicted molar refractivity (Wildman–Crippen MR) is 80.7 cm³/mol. The van der Waals surface area contributed by atoms with Crippen LogP contribution in [0.1, 0.15) is 58.3 Å². The van der Waals surface area contributed by atoms with Gasteiger partial charge in [0.15, 0.2) is 0 Å². The smallest absolute Gasteiger partial charge is 0.246 e. The van der Waals surface area contributed by atoms with Crippen molar-refractivity contribution >= 4 is 5.91 Å². The average Bonchev–Trinajstić information content (AvgIpc) is 2.49. The second-order valence-corrected chi connectivity index (χ2v) is 6.25. The summed E-state index contributed by atoms with van der Waals surface area (Å²) < 4.78 is 5.72. The Bertz CT molecular complexity index is 282. The molecular weight excluding hydrogens is 252 g/mol. The van der Waals surface area contributed by atoms with Gasteiger partial charge in [-0.2, -0.15) is 0 Å². The van der Waals surface area contributed by atoms with Crippen LogP contribution in [0, 0.1) is 0 Å². The molecule has 1 aliphatic carbocycles. The van der Waals surface area contributed by atoms with Gasteiger partial charge in [0.1, 0.15) is 6.61 Å². The minimum Gasteiger partial charge on any atom is -0.368 e. The maximum absolute atomic E-state index is 11.9. The van der Waals surface area contributed by atoms with E-state index < -0.39 is 0 Å². The van der Waals surface area contributed by atoms with Crippen molar-refractivity contribution in [2.75, 3.05) is 26.2 Å². The SMILES string of the molecule is CCCN1CCC(NC(=O)COC2CCCCC2)CC1. The second kappa shape index (κ2) is 8.63. The zero-order chi connectivity index (χ0) is 14.2. The Hall–Kier alpha value is -0.610. The number of hydrogen-bond donors (Lipinski definition) is 1. The summed E-state index contributed by atoms with van der Waals surface area (Å²) in [5.41, 5.74) is 0. The van der Waals surface area contributed by atoms with Crippen LogP contribution >= 0.6 is 0 Å². The minimum absolute atomic E-state index is 0.0736. The van der Waals surface area contributed by atoms with Crippen molar-refractivity contribution in [2.24, 2.45) is 0 Å². The van der Waals surface area contributed by atoms with Crippen LogP contribution in [-0.4, -0.2) is 49.2 Å². The summed E-state index contributed by atoms with van der Waals surface area (Å²) in [5.74, 6) is 0.0736. The molecule has 1 heterocycles. The Morgan fingerprint density at radius 3 is 2.50 bits per heavy atom. The Balaban J connectivity index is 1.57. The summed E-state index contributed by atoms with van der Waals surface area (Å²) in [6.07, 6.45) is 9.77. The number of ether oxygens (including phenoxy) is 1. The van der Waals surface area contributed by atoms with E-state index in [-0.39, 0.29) is 12.5 Å². The van der Waals surface area contributed by atoms with Crippen molar-refractivity contribution in [1.82, 2.24) is 10.2 Å². The van der Waals surface area contributed by atoms with Gasteiger partial charge in [0.25, 0.3) is 0 Å². The fourth-order valence-corrected chi connectivity index (χ4v) is 3.31. The number of nitrogens with zero attached hydrogens (tertiary/aromatic N) is 1. The first-order chi connectivity index (χ1) is 9.78. The van der Waals surface area contributed by atoms with Gasteiger partial charge in [0, 0.05) is 19.1 Å². The monoisotopic (exact) mass is 282 g/mol. The number of nitrogens with one attached hydrogen (secondary N) is 1. The first kappa shape index (κ1) is 15.8. The molecule has 2 fully saturated rings. The number of hydrogen-bond acceptors (Lipinski definition) is 3. The van der Waals surface area contributed by atoms with Crippen LogP contribution in [0.4, 0.5) is 0 Å². The maximum Gasteiger partial charge on any atom is 0.246 e. The van der Waals surface area contributed by atoms with Crippen LogP contribution < -0.4 is 5.32 Å². The summed E-state index contributed by atoms with van der Waals surface area (Å²) in [6.45, 7) is 5.88. The predicted octanol–water partition coefficient (Wildman–Crippen LogP) is 2.33. The molecule has 0 unspecified atom stereocenters. The van der Waals surface area contributed by atoms with Crippen molar-refractivity contribution in [2.45, 2.75) is 70.4 Å². The summed E-state index contributed by atoms with van der Waals surface area (Å²) in [5, 5.41) is 3.13. The fourth-order valence-electron chi connectivity index (χ4n) is 3.31. The van der Waals surface area contributed by atoms with Crippen molar-refractivity contribution in [3.8, 4) is 0 Å². The summed E-state index contributed by atoms with van der Waals surface area (Å²) in [4.78, 5) is 14.4. The van der Waals surface area contributed by atoms with Crippen LogP contribution in [0.3, 0.4) is 0 Å². The fraction of sp³-hybridized carbons (Fsp3) is 0.938. The molecule has 0 aromatic rings. The van der Waals surface area contributed by atoms with E-state index >= 15 is 0 Å². The van der Waals surface area contributed by atoms with Crippen molar-refractivity contribution < 1.29 is 9.53 Å². The molecule has 0 aromatic heterocycles. The molecule has 0 bridgehead atoms. The third-order valence-corrected chi connectivity index (χ3v) is 4.49. The third kappa shape index (κ3) is 5.41. The number of rotatable bonds is 6. The summed E-state index contributed by atoms with van der Waals surface area (Å²) in [7, 11) is 0. The lowest BCUT2D eigenvalue weighted by Crippen LogP contribution is -2.46. The molecule has 116 valence electrons. The molecule has 1 amide bonds. The van der Waals surface area contributed by atoms with Gasteiger partial charge in [-0.1, -0.05) is 26.2 Å². The highest BCUT2D eigenvalue weighted by Gasteiger charge is 2.21. The van der Waals surface area contributed by atoms with E-state index in [4.69, 9.17) is 4.74 Å². The quantitative estimate of drug-likeness (QED) is 0.813. The highest BCUT2D eigenvalue weighted by atomic mass is 16.5. The molecule has 20 heavy (non-hydrogen) atoms. The molecule has 2 rings (SSSR count). The van der Waals surface area contributed by atoms with Crippen LogP contribution in [0.25, 0.3) is 0 Å². The zero-order valence-corrected chi connectivity index (χ0v) is 12.9. The van der Waals surface area contributed by atoms with Crippen LogP contribution in [0.2, 0.25) is 0 Å². The van der Waals surface area contributed by atoms with E-state index in [9.17, 15) is 4.79 Å². The lowest BCUT2D eigenvalue weighted by Gasteiger charge is -2.32. The topological polar surface area (TPSA) is 41.6 Å². The molecule has 0 aromatic carbocycles. The van der Waals surface area contributed by atoms with Crippen LogP contribution in [0.5, 0.6) is 0 Å². The third-order valence-electron chi connectivity index (χ3n) is 4.49. The summed E-state index contributed by atoms with van der Waals surface area (Å²) in [6, 6.07) is 0.352. The lowest BCUT2D eigenvalue weighted by molar-refractivity contribution is -0.129. The number of likely N-dealkylation sites (tertiary alicyclic amines) is 1. The van der Waals surface area contributed by atoms with E-state index in [1.807, 2.05) is 0 Å².